The molecule has 2 aromatic rings. The smallest absolute Gasteiger partial charge is 0.224 e. The summed E-state index contributed by atoms with van der Waals surface area (Å²) in [7, 11) is 0. The molecule has 1 aromatic heterocycles. The quantitative estimate of drug-likeness (QED) is 0.651. The highest BCUT2D eigenvalue weighted by Gasteiger charge is 2.07. The fourth-order valence-corrected chi connectivity index (χ4v) is 1.78. The number of aromatic nitrogens is 2. The van der Waals surface area contributed by atoms with Gasteiger partial charge in [0.15, 0.2) is 0 Å². The van der Waals surface area contributed by atoms with E-state index < -0.39 is 0 Å². The van der Waals surface area contributed by atoms with Crippen molar-refractivity contribution in [2.75, 3.05) is 5.43 Å². The molecule has 0 aliphatic rings. The molecule has 0 spiro atoms. The van der Waals surface area contributed by atoms with E-state index in [-0.39, 0.29) is 0 Å². The van der Waals surface area contributed by atoms with Crippen LogP contribution in [-0.2, 0) is 6.42 Å². The Balaban J connectivity index is 2.31. The zero-order chi connectivity index (χ0) is 13.8. The molecule has 19 heavy (non-hydrogen) atoms. The van der Waals surface area contributed by atoms with Gasteiger partial charge in [0.1, 0.15) is 17.4 Å². The molecule has 1 heterocycles. The molecule has 0 radical (unpaired) electrons. The molecule has 100 valence electrons. The highest BCUT2D eigenvalue weighted by molar-refractivity contribution is 5.41. The first-order valence-corrected chi connectivity index (χ1v) is 6.22. The molecule has 0 aliphatic heterocycles. The molecule has 0 fully saturated rings. The van der Waals surface area contributed by atoms with Crippen molar-refractivity contribution in [2.24, 2.45) is 5.84 Å². The first-order chi connectivity index (χ1) is 9.12. The minimum atomic E-state index is 0.492. The van der Waals surface area contributed by atoms with Crippen LogP contribution in [0.4, 0.5) is 5.82 Å². The molecule has 0 saturated carbocycles. The normalized spacial score (nSPS) is 10.3. The third-order valence-electron chi connectivity index (χ3n) is 2.76. The summed E-state index contributed by atoms with van der Waals surface area (Å²) in [6, 6.07) is 7.69. The number of aryl methyl sites for hydroxylation is 3. The second-order valence-corrected chi connectivity index (χ2v) is 4.38. The van der Waals surface area contributed by atoms with Crippen LogP contribution in [0.5, 0.6) is 11.6 Å². The minimum Gasteiger partial charge on any atom is -0.439 e. The Morgan fingerprint density at radius 3 is 2.63 bits per heavy atom. The number of hydrogen-bond donors (Lipinski definition) is 2. The Kier molecular flexibility index (Phi) is 3.97. The Morgan fingerprint density at radius 2 is 2.00 bits per heavy atom. The molecule has 2 rings (SSSR count). The van der Waals surface area contributed by atoms with Gasteiger partial charge in [-0.2, -0.15) is 4.98 Å². The van der Waals surface area contributed by atoms with E-state index in [0.717, 1.165) is 17.7 Å². The molecular formula is C14H18N4O. The van der Waals surface area contributed by atoms with Gasteiger partial charge in [0.2, 0.25) is 5.88 Å². The van der Waals surface area contributed by atoms with E-state index in [0.29, 0.717) is 17.5 Å². The monoisotopic (exact) mass is 258 g/mol. The van der Waals surface area contributed by atoms with Crippen molar-refractivity contribution in [3.05, 3.63) is 41.2 Å². The van der Waals surface area contributed by atoms with Crippen LogP contribution in [0.15, 0.2) is 24.3 Å². The number of nitrogens with two attached hydrogens (primary N) is 1. The maximum absolute atomic E-state index is 5.80. The van der Waals surface area contributed by atoms with E-state index in [4.69, 9.17) is 10.6 Å². The van der Waals surface area contributed by atoms with Crippen LogP contribution >= 0.6 is 0 Å². The predicted octanol–water partition coefficient (Wildman–Crippen LogP) is 2.73. The fourth-order valence-electron chi connectivity index (χ4n) is 1.78. The SMILES string of the molecule is CCc1nc(NN)cc(Oc2ccc(C)cc2C)n1. The van der Waals surface area contributed by atoms with Gasteiger partial charge >= 0.3 is 0 Å². The highest BCUT2D eigenvalue weighted by atomic mass is 16.5. The lowest BCUT2D eigenvalue weighted by atomic mass is 10.1. The predicted molar refractivity (Wildman–Crippen MR) is 75.2 cm³/mol. The summed E-state index contributed by atoms with van der Waals surface area (Å²) in [6.07, 6.45) is 0.721. The largest absolute Gasteiger partial charge is 0.439 e. The van der Waals surface area contributed by atoms with Gasteiger partial charge < -0.3 is 10.2 Å². The standard InChI is InChI=1S/C14H18N4O/c1-4-12-16-13(18-15)8-14(17-12)19-11-6-5-9(2)7-10(11)3/h5-8H,4,15H2,1-3H3,(H,16,17,18). The van der Waals surface area contributed by atoms with Gasteiger partial charge in [-0.1, -0.05) is 24.6 Å². The van der Waals surface area contributed by atoms with Crippen molar-refractivity contribution in [2.45, 2.75) is 27.2 Å². The third-order valence-corrected chi connectivity index (χ3v) is 2.76. The van der Waals surface area contributed by atoms with Crippen molar-refractivity contribution in [3.63, 3.8) is 0 Å². The van der Waals surface area contributed by atoms with Gasteiger partial charge in [-0.25, -0.2) is 10.8 Å². The van der Waals surface area contributed by atoms with Gasteiger partial charge in [0.05, 0.1) is 0 Å². The van der Waals surface area contributed by atoms with E-state index in [1.54, 1.807) is 6.07 Å². The average molecular weight is 258 g/mol. The molecule has 3 N–H and O–H groups in total. The van der Waals surface area contributed by atoms with Crippen LogP contribution in [0.2, 0.25) is 0 Å². The number of hydrogen-bond acceptors (Lipinski definition) is 5. The Bertz CT molecular complexity index is 561. The van der Waals surface area contributed by atoms with Crippen LogP contribution in [0, 0.1) is 13.8 Å². The zero-order valence-electron chi connectivity index (χ0n) is 11.4. The molecule has 0 saturated heterocycles. The summed E-state index contributed by atoms with van der Waals surface area (Å²) < 4.78 is 5.80. The zero-order valence-corrected chi connectivity index (χ0v) is 11.4. The molecule has 0 bridgehead atoms. The van der Waals surface area contributed by atoms with Crippen LogP contribution in [0.25, 0.3) is 0 Å². The van der Waals surface area contributed by atoms with Gasteiger partial charge in [-0.05, 0) is 25.5 Å². The second kappa shape index (κ2) is 5.67. The average Bonchev–Trinajstić information content (AvgIpc) is 2.41. The number of ether oxygens (including phenoxy) is 1. The lowest BCUT2D eigenvalue weighted by Gasteiger charge is -2.10. The van der Waals surface area contributed by atoms with Gasteiger partial charge in [0.25, 0.3) is 0 Å². The molecule has 1 aromatic carbocycles. The third kappa shape index (κ3) is 3.20. The number of nitrogen functional groups attached to an aromatic ring is 1. The molecule has 0 amide bonds. The van der Waals surface area contributed by atoms with Crippen LogP contribution in [-0.4, -0.2) is 9.97 Å². The van der Waals surface area contributed by atoms with Crippen molar-refractivity contribution in [3.8, 4) is 11.6 Å². The van der Waals surface area contributed by atoms with Gasteiger partial charge in [-0.3, -0.25) is 0 Å². The number of hydrazine groups is 1. The highest BCUT2D eigenvalue weighted by Crippen LogP contribution is 2.25. The molecule has 0 unspecified atom stereocenters. The Morgan fingerprint density at radius 1 is 1.21 bits per heavy atom. The molecule has 0 aliphatic carbocycles. The summed E-state index contributed by atoms with van der Waals surface area (Å²) in [4.78, 5) is 8.55. The first kappa shape index (κ1) is 13.3. The molecule has 5 heteroatoms. The number of rotatable bonds is 4. The van der Waals surface area contributed by atoms with Gasteiger partial charge in [-0.15, -0.1) is 0 Å². The summed E-state index contributed by atoms with van der Waals surface area (Å²) >= 11 is 0. The maximum atomic E-state index is 5.80. The summed E-state index contributed by atoms with van der Waals surface area (Å²) in [5, 5.41) is 0. The van der Waals surface area contributed by atoms with Crippen LogP contribution in [0.3, 0.4) is 0 Å². The van der Waals surface area contributed by atoms with Gasteiger partial charge in [0, 0.05) is 12.5 Å². The summed E-state index contributed by atoms with van der Waals surface area (Å²) in [6.45, 7) is 6.04. The van der Waals surface area contributed by atoms with E-state index >= 15 is 0 Å². The van der Waals surface area contributed by atoms with Crippen LogP contribution < -0.4 is 16.0 Å². The fraction of sp³-hybridized carbons (Fsp3) is 0.286. The van der Waals surface area contributed by atoms with E-state index in [2.05, 4.69) is 21.5 Å². The summed E-state index contributed by atoms with van der Waals surface area (Å²) in [5.74, 6) is 7.91. The number of anilines is 1. The lowest BCUT2D eigenvalue weighted by molar-refractivity contribution is 0.455. The number of nitrogens with zero attached hydrogens (tertiary/aromatic N) is 2. The topological polar surface area (TPSA) is 73.1 Å². The minimum absolute atomic E-state index is 0.492. The first-order valence-electron chi connectivity index (χ1n) is 6.22. The second-order valence-electron chi connectivity index (χ2n) is 4.38. The lowest BCUT2D eigenvalue weighted by Crippen LogP contribution is -2.10. The maximum Gasteiger partial charge on any atom is 0.224 e. The summed E-state index contributed by atoms with van der Waals surface area (Å²) in [5.41, 5.74) is 4.79. The van der Waals surface area contributed by atoms with E-state index in [9.17, 15) is 0 Å². The Hall–Kier alpha value is -2.14. The van der Waals surface area contributed by atoms with Crippen molar-refractivity contribution < 1.29 is 4.74 Å². The van der Waals surface area contributed by atoms with E-state index in [1.165, 1.54) is 5.56 Å². The van der Waals surface area contributed by atoms with Crippen molar-refractivity contribution in [1.29, 1.82) is 0 Å². The molecule has 5 nitrogen and oxygen atoms in total. The Labute approximate surface area is 112 Å². The molecular weight excluding hydrogens is 240 g/mol. The molecule has 0 atom stereocenters. The van der Waals surface area contributed by atoms with E-state index in [1.807, 2.05) is 32.9 Å². The van der Waals surface area contributed by atoms with Crippen LogP contribution in [0.1, 0.15) is 23.9 Å². The number of nitrogens with one attached hydrogen (secondary N) is 1. The van der Waals surface area contributed by atoms with Crippen molar-refractivity contribution >= 4 is 5.82 Å². The number of benzene rings is 1. The van der Waals surface area contributed by atoms with Crippen molar-refractivity contribution in [1.82, 2.24) is 9.97 Å².